The Kier molecular flexibility index (Phi) is 3.34. The summed E-state index contributed by atoms with van der Waals surface area (Å²) in [6, 6.07) is 5.76. The van der Waals surface area contributed by atoms with Crippen LogP contribution in [0.4, 0.5) is 11.4 Å². The van der Waals surface area contributed by atoms with Gasteiger partial charge < -0.3 is 15.5 Å². The van der Waals surface area contributed by atoms with Gasteiger partial charge in [0.2, 0.25) is 5.91 Å². The van der Waals surface area contributed by atoms with Crippen molar-refractivity contribution in [3.8, 4) is 0 Å². The predicted octanol–water partition coefficient (Wildman–Crippen LogP) is 1.75. The summed E-state index contributed by atoms with van der Waals surface area (Å²) in [5.74, 6) is -0.101. The Morgan fingerprint density at radius 3 is 2.85 bits per heavy atom. The van der Waals surface area contributed by atoms with Gasteiger partial charge in [0.1, 0.15) is 0 Å². The van der Waals surface area contributed by atoms with Crippen molar-refractivity contribution in [1.82, 2.24) is 5.32 Å². The van der Waals surface area contributed by atoms with Crippen LogP contribution in [-0.4, -0.2) is 31.4 Å². The largest absolute Gasteiger partial charge is 0.364 e. The highest BCUT2D eigenvalue weighted by Crippen LogP contribution is 2.29. The molecule has 2 amide bonds. The van der Waals surface area contributed by atoms with Crippen molar-refractivity contribution in [1.29, 1.82) is 0 Å². The molecule has 20 heavy (non-hydrogen) atoms. The topological polar surface area (TPSA) is 61.4 Å². The van der Waals surface area contributed by atoms with E-state index in [-0.39, 0.29) is 11.8 Å². The van der Waals surface area contributed by atoms with Gasteiger partial charge in [-0.1, -0.05) is 12.8 Å². The van der Waals surface area contributed by atoms with Crippen molar-refractivity contribution in [2.75, 3.05) is 23.8 Å². The number of hydrogen-bond acceptors (Lipinski definition) is 3. The number of nitrogens with one attached hydrogen (secondary N) is 2. The molecule has 1 heterocycles. The van der Waals surface area contributed by atoms with E-state index >= 15 is 0 Å². The van der Waals surface area contributed by atoms with Crippen molar-refractivity contribution in [2.24, 2.45) is 0 Å². The fourth-order valence-corrected chi connectivity index (χ4v) is 2.94. The van der Waals surface area contributed by atoms with E-state index in [4.69, 9.17) is 0 Å². The lowest BCUT2D eigenvalue weighted by atomic mass is 10.1. The molecular formula is C15H19N3O2. The van der Waals surface area contributed by atoms with Crippen LogP contribution in [0.25, 0.3) is 0 Å². The van der Waals surface area contributed by atoms with E-state index in [1.807, 2.05) is 24.1 Å². The van der Waals surface area contributed by atoms with Crippen LogP contribution >= 0.6 is 0 Å². The average molecular weight is 273 g/mol. The van der Waals surface area contributed by atoms with Crippen LogP contribution in [0, 0.1) is 0 Å². The highest BCUT2D eigenvalue weighted by molar-refractivity contribution is 6.03. The highest BCUT2D eigenvalue weighted by atomic mass is 16.2. The van der Waals surface area contributed by atoms with Gasteiger partial charge in [0.05, 0.1) is 17.9 Å². The number of rotatable bonds is 2. The van der Waals surface area contributed by atoms with Crippen LogP contribution in [0.1, 0.15) is 36.0 Å². The Bertz CT molecular complexity index is 550. The summed E-state index contributed by atoms with van der Waals surface area (Å²) in [7, 11) is 1.87. The number of carbonyl (C=O) groups excluding carboxylic acids is 2. The van der Waals surface area contributed by atoms with Crippen LogP contribution in [0.15, 0.2) is 18.2 Å². The third-order valence-electron chi connectivity index (χ3n) is 4.02. The molecule has 2 N–H and O–H groups in total. The number of fused-ring (bicyclic) bond motifs is 1. The lowest BCUT2D eigenvalue weighted by Crippen LogP contribution is -2.36. The lowest BCUT2D eigenvalue weighted by molar-refractivity contribution is -0.115. The molecule has 5 heteroatoms. The van der Waals surface area contributed by atoms with Gasteiger partial charge in [-0.25, -0.2) is 0 Å². The van der Waals surface area contributed by atoms with E-state index in [1.165, 1.54) is 12.8 Å². The van der Waals surface area contributed by atoms with Gasteiger partial charge in [-0.05, 0) is 31.0 Å². The smallest absolute Gasteiger partial charge is 0.251 e. The molecule has 1 aromatic carbocycles. The molecule has 3 rings (SSSR count). The van der Waals surface area contributed by atoms with Gasteiger partial charge in [-0.15, -0.1) is 0 Å². The molecular weight excluding hydrogens is 254 g/mol. The third kappa shape index (κ3) is 2.48. The molecule has 106 valence electrons. The Labute approximate surface area is 118 Å². The summed E-state index contributed by atoms with van der Waals surface area (Å²) in [6.07, 6.45) is 4.51. The Balaban J connectivity index is 1.79. The number of hydrogen-bond donors (Lipinski definition) is 2. The first kappa shape index (κ1) is 13.0. The van der Waals surface area contributed by atoms with Crippen molar-refractivity contribution < 1.29 is 9.59 Å². The second kappa shape index (κ2) is 5.15. The maximum atomic E-state index is 12.2. The molecule has 0 bridgehead atoms. The predicted molar refractivity (Wildman–Crippen MR) is 78.1 cm³/mol. The standard InChI is InChI=1S/C15H19N3O2/c1-18-9-14(19)17-12-8-10(6-7-13(12)18)15(20)16-11-4-2-3-5-11/h6-8,11H,2-5,9H2,1H3,(H,16,20)(H,17,19). The third-order valence-corrected chi connectivity index (χ3v) is 4.02. The minimum absolute atomic E-state index is 0.0478. The van der Waals surface area contributed by atoms with Crippen LogP contribution in [0.5, 0.6) is 0 Å². The number of likely N-dealkylation sites (N-methyl/N-ethyl adjacent to an activating group) is 1. The fraction of sp³-hybridized carbons (Fsp3) is 0.467. The molecule has 0 spiro atoms. The second-order valence-electron chi connectivity index (χ2n) is 5.59. The first-order valence-electron chi connectivity index (χ1n) is 7.09. The van der Waals surface area contributed by atoms with Crippen LogP contribution < -0.4 is 15.5 Å². The zero-order valence-electron chi connectivity index (χ0n) is 11.6. The number of anilines is 2. The highest BCUT2D eigenvalue weighted by Gasteiger charge is 2.22. The van der Waals surface area contributed by atoms with E-state index in [2.05, 4.69) is 10.6 Å². The first-order valence-corrected chi connectivity index (χ1v) is 7.09. The van der Waals surface area contributed by atoms with E-state index < -0.39 is 0 Å². The molecule has 5 nitrogen and oxygen atoms in total. The van der Waals surface area contributed by atoms with Crippen molar-refractivity contribution in [2.45, 2.75) is 31.7 Å². The van der Waals surface area contributed by atoms with Gasteiger partial charge in [-0.2, -0.15) is 0 Å². The molecule has 0 unspecified atom stereocenters. The van der Waals surface area contributed by atoms with Crippen LogP contribution in [0.2, 0.25) is 0 Å². The second-order valence-corrected chi connectivity index (χ2v) is 5.59. The summed E-state index contributed by atoms with van der Waals surface area (Å²) in [6.45, 7) is 0.348. The molecule has 0 saturated heterocycles. The normalized spacial score (nSPS) is 18.6. The summed E-state index contributed by atoms with van der Waals surface area (Å²) in [5.41, 5.74) is 2.26. The maximum Gasteiger partial charge on any atom is 0.251 e. The fourth-order valence-electron chi connectivity index (χ4n) is 2.94. The van der Waals surface area contributed by atoms with Gasteiger partial charge >= 0.3 is 0 Å². The molecule has 2 aliphatic rings. The van der Waals surface area contributed by atoms with Gasteiger partial charge in [0.25, 0.3) is 5.91 Å². The molecule has 0 aromatic heterocycles. The lowest BCUT2D eigenvalue weighted by Gasteiger charge is -2.27. The van der Waals surface area contributed by atoms with Crippen molar-refractivity contribution >= 4 is 23.2 Å². The number of benzene rings is 1. The minimum atomic E-state index is -0.0535. The molecule has 0 radical (unpaired) electrons. The molecule has 1 aromatic rings. The van der Waals surface area contributed by atoms with Crippen molar-refractivity contribution in [3.63, 3.8) is 0 Å². The van der Waals surface area contributed by atoms with Crippen LogP contribution in [-0.2, 0) is 4.79 Å². The number of carbonyl (C=O) groups is 2. The monoisotopic (exact) mass is 273 g/mol. The van der Waals surface area contributed by atoms with E-state index in [9.17, 15) is 9.59 Å². The first-order chi connectivity index (χ1) is 9.63. The molecule has 1 aliphatic heterocycles. The Morgan fingerprint density at radius 2 is 2.10 bits per heavy atom. The molecule has 1 aliphatic carbocycles. The maximum absolute atomic E-state index is 12.2. The van der Waals surface area contributed by atoms with E-state index in [1.54, 1.807) is 6.07 Å². The summed E-state index contributed by atoms with van der Waals surface area (Å²) >= 11 is 0. The zero-order valence-corrected chi connectivity index (χ0v) is 11.6. The summed E-state index contributed by atoms with van der Waals surface area (Å²) in [4.78, 5) is 25.6. The zero-order chi connectivity index (χ0) is 14.1. The Hall–Kier alpha value is -2.04. The van der Waals surface area contributed by atoms with Crippen LogP contribution in [0.3, 0.4) is 0 Å². The molecule has 1 fully saturated rings. The Morgan fingerprint density at radius 1 is 1.35 bits per heavy atom. The number of amides is 2. The molecule has 1 saturated carbocycles. The SMILES string of the molecule is CN1CC(=O)Nc2cc(C(=O)NC3CCCC3)ccc21. The average Bonchev–Trinajstić information content (AvgIpc) is 2.90. The van der Waals surface area contributed by atoms with Gasteiger partial charge in [0, 0.05) is 18.7 Å². The minimum Gasteiger partial charge on any atom is -0.364 e. The van der Waals surface area contributed by atoms with E-state index in [0.29, 0.717) is 23.8 Å². The summed E-state index contributed by atoms with van der Waals surface area (Å²) in [5, 5.41) is 5.88. The number of nitrogens with zero attached hydrogens (tertiary/aromatic N) is 1. The quantitative estimate of drug-likeness (QED) is 0.863. The van der Waals surface area contributed by atoms with E-state index in [0.717, 1.165) is 18.5 Å². The van der Waals surface area contributed by atoms with Gasteiger partial charge in [-0.3, -0.25) is 9.59 Å². The summed E-state index contributed by atoms with van der Waals surface area (Å²) < 4.78 is 0. The molecule has 0 atom stereocenters. The van der Waals surface area contributed by atoms with Crippen molar-refractivity contribution in [3.05, 3.63) is 23.8 Å². The van der Waals surface area contributed by atoms with Gasteiger partial charge in [0.15, 0.2) is 0 Å².